The molecular weight excluding hydrogens is 524 g/mol. The number of aliphatic hydroxyl groups is 1. The number of carbonyl (C=O) groups is 2. The molecule has 2 heterocycles. The van der Waals surface area contributed by atoms with Crippen LogP contribution in [0.5, 0.6) is 0 Å². The van der Waals surface area contributed by atoms with Crippen molar-refractivity contribution in [2.75, 3.05) is 4.90 Å². The number of fused-ring (bicyclic) bond motifs is 2. The van der Waals surface area contributed by atoms with Gasteiger partial charge in [0.2, 0.25) is 5.91 Å². The van der Waals surface area contributed by atoms with Gasteiger partial charge < -0.3 is 15.4 Å². The van der Waals surface area contributed by atoms with E-state index < -0.39 is 24.1 Å². The number of aromatic nitrogens is 2. The molecule has 7 nitrogen and oxygen atoms in total. The first-order valence-electron chi connectivity index (χ1n) is 14.2. The first-order valence-corrected chi connectivity index (χ1v) is 14.2. The van der Waals surface area contributed by atoms with Crippen LogP contribution in [0.2, 0.25) is 0 Å². The number of anilines is 1. The number of pyridine rings is 1. The number of benzene rings is 3. The quantitative estimate of drug-likeness (QED) is 0.237. The van der Waals surface area contributed by atoms with Crippen molar-refractivity contribution in [1.29, 1.82) is 0 Å². The van der Waals surface area contributed by atoms with E-state index in [-0.39, 0.29) is 11.3 Å². The lowest BCUT2D eigenvalue weighted by Gasteiger charge is -2.33. The first-order chi connectivity index (χ1) is 20.2. The van der Waals surface area contributed by atoms with E-state index in [4.69, 9.17) is 0 Å². The number of H-pyrrole nitrogens is 1. The Kier molecular flexibility index (Phi) is 7.12. The van der Waals surface area contributed by atoms with Crippen molar-refractivity contribution in [3.63, 3.8) is 0 Å². The molecule has 6 rings (SSSR count). The molecule has 3 N–H and O–H groups in total. The van der Waals surface area contributed by atoms with Gasteiger partial charge in [0.05, 0.1) is 17.7 Å². The summed E-state index contributed by atoms with van der Waals surface area (Å²) in [5, 5.41) is 14.8. The number of aromatic amines is 1. The Balaban J connectivity index is 1.48. The SMILES string of the molecule is CC(C)(C)c1ccc(N(C(=O)c2c[nH]c3ccccc23)C(C(=O)N[C@@H]2c3ccccc3C[C@@H]2O)c2cccnc2)cc1. The number of hydrogen-bond acceptors (Lipinski definition) is 4. The second kappa shape index (κ2) is 10.9. The highest BCUT2D eigenvalue weighted by Gasteiger charge is 2.39. The van der Waals surface area contributed by atoms with Gasteiger partial charge in [0.15, 0.2) is 0 Å². The fraction of sp³-hybridized carbons (Fsp3) is 0.229. The molecule has 0 saturated heterocycles. The number of amides is 2. The predicted molar refractivity (Wildman–Crippen MR) is 164 cm³/mol. The Morgan fingerprint density at radius 2 is 1.71 bits per heavy atom. The molecule has 0 saturated carbocycles. The fourth-order valence-corrected chi connectivity index (χ4v) is 5.82. The van der Waals surface area contributed by atoms with Crippen molar-refractivity contribution in [2.45, 2.75) is 50.8 Å². The van der Waals surface area contributed by atoms with Gasteiger partial charge in [0.25, 0.3) is 5.91 Å². The van der Waals surface area contributed by atoms with Crippen molar-refractivity contribution >= 4 is 28.4 Å². The molecule has 0 radical (unpaired) electrons. The monoisotopic (exact) mass is 558 g/mol. The van der Waals surface area contributed by atoms with Crippen LogP contribution in [0.25, 0.3) is 10.9 Å². The molecule has 3 aromatic carbocycles. The van der Waals surface area contributed by atoms with Gasteiger partial charge >= 0.3 is 0 Å². The van der Waals surface area contributed by atoms with Crippen LogP contribution < -0.4 is 10.2 Å². The summed E-state index contributed by atoms with van der Waals surface area (Å²) in [5.74, 6) is -0.732. The van der Waals surface area contributed by atoms with Gasteiger partial charge in [-0.25, -0.2) is 0 Å². The number of hydrogen-bond donors (Lipinski definition) is 3. The van der Waals surface area contributed by atoms with Crippen LogP contribution in [-0.2, 0) is 16.6 Å². The number of carbonyl (C=O) groups excluding carboxylic acids is 2. The molecule has 2 aromatic heterocycles. The summed E-state index contributed by atoms with van der Waals surface area (Å²) in [6.07, 6.45) is 4.62. The summed E-state index contributed by atoms with van der Waals surface area (Å²) in [7, 11) is 0. The molecule has 7 heteroatoms. The molecular formula is C35H34N4O3. The minimum Gasteiger partial charge on any atom is -0.390 e. The highest BCUT2D eigenvalue weighted by Crippen LogP contribution is 2.36. The third-order valence-corrected chi connectivity index (χ3v) is 8.06. The van der Waals surface area contributed by atoms with Gasteiger partial charge in [-0.15, -0.1) is 0 Å². The van der Waals surface area contributed by atoms with Crippen molar-refractivity contribution in [1.82, 2.24) is 15.3 Å². The van der Waals surface area contributed by atoms with Gasteiger partial charge in [0, 0.05) is 47.2 Å². The molecule has 0 spiro atoms. The minimum absolute atomic E-state index is 0.0870. The summed E-state index contributed by atoms with van der Waals surface area (Å²) in [6, 6.07) is 25.0. The van der Waals surface area contributed by atoms with Crippen LogP contribution in [0, 0.1) is 0 Å². The number of para-hydroxylation sites is 1. The number of rotatable bonds is 6. The molecule has 2 amide bonds. The van der Waals surface area contributed by atoms with E-state index in [1.165, 1.54) is 0 Å². The van der Waals surface area contributed by atoms with E-state index in [2.05, 4.69) is 36.1 Å². The maximum absolute atomic E-state index is 14.6. The third-order valence-electron chi connectivity index (χ3n) is 8.06. The fourth-order valence-electron chi connectivity index (χ4n) is 5.82. The van der Waals surface area contributed by atoms with E-state index in [1.807, 2.05) is 72.8 Å². The second-order valence-electron chi connectivity index (χ2n) is 11.9. The second-order valence-corrected chi connectivity index (χ2v) is 11.9. The maximum atomic E-state index is 14.6. The summed E-state index contributed by atoms with van der Waals surface area (Å²) < 4.78 is 0. The van der Waals surface area contributed by atoms with Crippen molar-refractivity contribution in [2.24, 2.45) is 0 Å². The highest BCUT2D eigenvalue weighted by atomic mass is 16.3. The Morgan fingerprint density at radius 1 is 0.976 bits per heavy atom. The lowest BCUT2D eigenvalue weighted by atomic mass is 9.87. The summed E-state index contributed by atoms with van der Waals surface area (Å²) in [6.45, 7) is 6.40. The van der Waals surface area contributed by atoms with Gasteiger partial charge in [-0.3, -0.25) is 19.5 Å². The highest BCUT2D eigenvalue weighted by molar-refractivity contribution is 6.16. The lowest BCUT2D eigenvalue weighted by Crippen LogP contribution is -2.46. The summed E-state index contributed by atoms with van der Waals surface area (Å²) >= 11 is 0. The molecule has 1 aliphatic rings. The van der Waals surface area contributed by atoms with E-state index in [9.17, 15) is 14.7 Å². The Morgan fingerprint density at radius 3 is 2.45 bits per heavy atom. The van der Waals surface area contributed by atoms with Crippen molar-refractivity contribution in [3.8, 4) is 0 Å². The van der Waals surface area contributed by atoms with Crippen LogP contribution in [0.3, 0.4) is 0 Å². The largest absolute Gasteiger partial charge is 0.390 e. The number of nitrogens with zero attached hydrogens (tertiary/aromatic N) is 2. The maximum Gasteiger partial charge on any atom is 0.261 e. The number of nitrogens with one attached hydrogen (secondary N) is 2. The zero-order valence-electron chi connectivity index (χ0n) is 23.9. The van der Waals surface area contributed by atoms with Gasteiger partial charge in [-0.2, -0.15) is 0 Å². The molecule has 42 heavy (non-hydrogen) atoms. The van der Waals surface area contributed by atoms with E-state index in [0.717, 1.165) is 27.6 Å². The Bertz CT molecular complexity index is 1740. The van der Waals surface area contributed by atoms with E-state index in [0.29, 0.717) is 23.2 Å². The summed E-state index contributed by atoms with van der Waals surface area (Å²) in [5.41, 5.74) is 5.33. The smallest absolute Gasteiger partial charge is 0.261 e. The molecule has 3 atom stereocenters. The standard InChI is InChI=1S/C35H34N4O3/c1-35(2,3)24-14-16-25(17-15-24)39(34(42)28-21-37-29-13-7-6-12-27(28)29)32(23-10-8-18-36-20-23)33(41)38-31-26-11-5-4-9-22(26)19-30(31)40/h4-18,20-21,30-32,37,40H,19H2,1-3H3,(H,38,41)/t30-,31+,32?/m0/s1. The molecule has 1 unspecified atom stereocenters. The molecule has 0 bridgehead atoms. The molecule has 1 aliphatic carbocycles. The van der Waals surface area contributed by atoms with E-state index >= 15 is 0 Å². The Hall–Kier alpha value is -4.75. The molecule has 0 fully saturated rings. The minimum atomic E-state index is -1.06. The van der Waals surface area contributed by atoms with E-state index in [1.54, 1.807) is 35.6 Å². The zero-order chi connectivity index (χ0) is 29.4. The topological polar surface area (TPSA) is 98.3 Å². The third kappa shape index (κ3) is 5.08. The van der Waals surface area contributed by atoms with Gasteiger partial charge in [-0.05, 0) is 46.4 Å². The van der Waals surface area contributed by atoms with Crippen LogP contribution in [0.15, 0.2) is 104 Å². The lowest BCUT2D eigenvalue weighted by molar-refractivity contribution is -0.124. The molecule has 5 aromatic rings. The molecule has 212 valence electrons. The predicted octanol–water partition coefficient (Wildman–Crippen LogP) is 6.02. The average molecular weight is 559 g/mol. The van der Waals surface area contributed by atoms with Crippen LogP contribution in [-0.4, -0.2) is 33.0 Å². The Labute approximate surface area is 245 Å². The molecule has 0 aliphatic heterocycles. The number of aliphatic hydroxyl groups excluding tert-OH is 1. The summed E-state index contributed by atoms with van der Waals surface area (Å²) in [4.78, 5) is 38.0. The normalized spacial score (nSPS) is 17.0. The zero-order valence-corrected chi connectivity index (χ0v) is 23.9. The van der Waals surface area contributed by atoms with Gasteiger partial charge in [0.1, 0.15) is 6.04 Å². The first kappa shape index (κ1) is 27.4. The van der Waals surface area contributed by atoms with Crippen molar-refractivity contribution < 1.29 is 14.7 Å². The van der Waals surface area contributed by atoms with Crippen molar-refractivity contribution in [3.05, 3.63) is 131 Å². The van der Waals surface area contributed by atoms with Gasteiger partial charge in [-0.1, -0.05) is 81.4 Å². The van der Waals surface area contributed by atoms with Crippen LogP contribution >= 0.6 is 0 Å². The average Bonchev–Trinajstić information content (AvgIpc) is 3.56. The van der Waals surface area contributed by atoms with Crippen LogP contribution in [0.4, 0.5) is 5.69 Å². The van der Waals surface area contributed by atoms with Crippen LogP contribution in [0.1, 0.15) is 65.5 Å².